The molecule has 0 bridgehead atoms. The second-order valence-electron chi connectivity index (χ2n) is 5.60. The third-order valence-corrected chi connectivity index (χ3v) is 3.42. The zero-order valence-electron chi connectivity index (χ0n) is 11.5. The Balaban J connectivity index is 2.03. The highest BCUT2D eigenvalue weighted by molar-refractivity contribution is 4.72. The molecule has 1 aliphatic rings. The van der Waals surface area contributed by atoms with Crippen LogP contribution in [0.2, 0.25) is 0 Å². The minimum atomic E-state index is 0.816. The number of hydrogen-bond acceptors (Lipinski definition) is 2. The van der Waals surface area contributed by atoms with E-state index in [2.05, 4.69) is 30.6 Å². The van der Waals surface area contributed by atoms with E-state index in [1.54, 1.807) is 0 Å². The fourth-order valence-electron chi connectivity index (χ4n) is 2.47. The molecular formula is C14H30N2. The van der Waals surface area contributed by atoms with Gasteiger partial charge in [-0.05, 0) is 18.9 Å². The van der Waals surface area contributed by atoms with Crippen molar-refractivity contribution in [3.05, 3.63) is 0 Å². The zero-order chi connectivity index (χ0) is 11.8. The van der Waals surface area contributed by atoms with Crippen molar-refractivity contribution in [3.63, 3.8) is 0 Å². The van der Waals surface area contributed by atoms with Gasteiger partial charge in [-0.15, -0.1) is 0 Å². The summed E-state index contributed by atoms with van der Waals surface area (Å²) in [6, 6.07) is 0. The predicted molar refractivity (Wildman–Crippen MR) is 71.9 cm³/mol. The third-order valence-electron chi connectivity index (χ3n) is 3.42. The van der Waals surface area contributed by atoms with Crippen LogP contribution in [0.4, 0.5) is 0 Å². The molecule has 0 atom stereocenters. The molecule has 0 N–H and O–H groups in total. The Hall–Kier alpha value is -0.0800. The van der Waals surface area contributed by atoms with E-state index >= 15 is 0 Å². The molecule has 0 aliphatic carbocycles. The van der Waals surface area contributed by atoms with Crippen molar-refractivity contribution >= 4 is 0 Å². The maximum atomic E-state index is 2.65. The highest BCUT2D eigenvalue weighted by Gasteiger charge is 2.16. The van der Waals surface area contributed by atoms with Gasteiger partial charge < -0.3 is 9.80 Å². The first-order valence-electron chi connectivity index (χ1n) is 7.17. The summed E-state index contributed by atoms with van der Waals surface area (Å²) in [7, 11) is 0. The maximum absolute atomic E-state index is 2.65. The summed E-state index contributed by atoms with van der Waals surface area (Å²) < 4.78 is 0. The van der Waals surface area contributed by atoms with Crippen LogP contribution >= 0.6 is 0 Å². The van der Waals surface area contributed by atoms with E-state index in [4.69, 9.17) is 0 Å². The Morgan fingerprint density at radius 2 is 1.50 bits per heavy atom. The average Bonchev–Trinajstić information content (AvgIpc) is 2.26. The van der Waals surface area contributed by atoms with Gasteiger partial charge in [-0.3, -0.25) is 0 Å². The van der Waals surface area contributed by atoms with Gasteiger partial charge in [0.1, 0.15) is 0 Å². The Morgan fingerprint density at radius 3 is 2.06 bits per heavy atom. The molecule has 2 nitrogen and oxygen atoms in total. The molecule has 0 saturated carbocycles. The van der Waals surface area contributed by atoms with Gasteiger partial charge in [0.15, 0.2) is 0 Å². The van der Waals surface area contributed by atoms with Crippen LogP contribution in [0.25, 0.3) is 0 Å². The summed E-state index contributed by atoms with van der Waals surface area (Å²) in [4.78, 5) is 5.26. The van der Waals surface area contributed by atoms with Gasteiger partial charge in [0.2, 0.25) is 0 Å². The van der Waals surface area contributed by atoms with Gasteiger partial charge in [0, 0.05) is 32.7 Å². The minimum Gasteiger partial charge on any atom is -0.301 e. The van der Waals surface area contributed by atoms with E-state index in [-0.39, 0.29) is 0 Å². The number of hydrogen-bond donors (Lipinski definition) is 0. The van der Waals surface area contributed by atoms with Crippen LogP contribution in [0.15, 0.2) is 0 Å². The van der Waals surface area contributed by atoms with Gasteiger partial charge in [-0.25, -0.2) is 0 Å². The molecule has 2 heteroatoms. The Bertz CT molecular complexity index is 160. The monoisotopic (exact) mass is 226 g/mol. The fraction of sp³-hybridized carbons (Fsp3) is 1.00. The van der Waals surface area contributed by atoms with E-state index in [0.717, 1.165) is 5.92 Å². The number of nitrogens with zero attached hydrogens (tertiary/aromatic N) is 2. The second-order valence-corrected chi connectivity index (χ2v) is 5.60. The quantitative estimate of drug-likeness (QED) is 0.616. The molecule has 0 spiro atoms. The molecule has 1 fully saturated rings. The smallest absolute Gasteiger partial charge is 0.0110 e. The first kappa shape index (κ1) is 14.0. The Labute approximate surface area is 102 Å². The van der Waals surface area contributed by atoms with Crippen molar-refractivity contribution in [2.45, 2.75) is 46.5 Å². The van der Waals surface area contributed by atoms with Gasteiger partial charge in [-0.2, -0.15) is 0 Å². The normalized spacial score (nSPS) is 19.5. The van der Waals surface area contributed by atoms with Crippen molar-refractivity contribution in [1.82, 2.24) is 9.80 Å². The van der Waals surface area contributed by atoms with E-state index in [1.165, 1.54) is 65.0 Å². The Morgan fingerprint density at radius 1 is 0.875 bits per heavy atom. The molecular weight excluding hydrogens is 196 g/mol. The molecule has 96 valence electrons. The largest absolute Gasteiger partial charge is 0.301 e. The highest BCUT2D eigenvalue weighted by Crippen LogP contribution is 2.07. The highest BCUT2D eigenvalue weighted by atomic mass is 15.3. The van der Waals surface area contributed by atoms with Crippen LogP contribution in [0, 0.1) is 5.92 Å². The van der Waals surface area contributed by atoms with Gasteiger partial charge in [0.05, 0.1) is 0 Å². The fourth-order valence-corrected chi connectivity index (χ4v) is 2.47. The first-order valence-corrected chi connectivity index (χ1v) is 7.17. The summed E-state index contributed by atoms with van der Waals surface area (Å²) in [6.45, 7) is 14.7. The van der Waals surface area contributed by atoms with Crippen LogP contribution in [0.5, 0.6) is 0 Å². The van der Waals surface area contributed by atoms with Crippen LogP contribution in [0.3, 0.4) is 0 Å². The lowest BCUT2D eigenvalue weighted by atomic mass is 10.1. The van der Waals surface area contributed by atoms with Crippen LogP contribution in [-0.4, -0.2) is 49.1 Å². The van der Waals surface area contributed by atoms with Crippen LogP contribution in [-0.2, 0) is 0 Å². The topological polar surface area (TPSA) is 6.48 Å². The van der Waals surface area contributed by atoms with E-state index in [0.29, 0.717) is 0 Å². The van der Waals surface area contributed by atoms with E-state index in [9.17, 15) is 0 Å². The first-order chi connectivity index (χ1) is 7.72. The summed E-state index contributed by atoms with van der Waals surface area (Å²) in [6.07, 6.45) is 5.58. The van der Waals surface area contributed by atoms with E-state index in [1.807, 2.05) is 0 Å². The van der Waals surface area contributed by atoms with Gasteiger partial charge in [-0.1, -0.05) is 40.0 Å². The maximum Gasteiger partial charge on any atom is 0.0110 e. The predicted octanol–water partition coefficient (Wildman–Crippen LogP) is 2.84. The summed E-state index contributed by atoms with van der Waals surface area (Å²) in [5, 5.41) is 0. The number of unbranched alkanes of at least 4 members (excludes halogenated alkanes) is 3. The number of piperazine rings is 1. The third kappa shape index (κ3) is 5.86. The standard InChI is InChI=1S/C14H30N2/c1-4-5-6-7-8-15-9-11-16(12-10-15)13-14(2)3/h14H,4-13H2,1-3H3. The van der Waals surface area contributed by atoms with Crippen molar-refractivity contribution in [2.75, 3.05) is 39.3 Å². The Kier molecular flexibility index (Phi) is 7.06. The molecule has 0 unspecified atom stereocenters. The SMILES string of the molecule is CCCCCCN1CCN(CC(C)C)CC1. The van der Waals surface area contributed by atoms with Crippen molar-refractivity contribution < 1.29 is 0 Å². The lowest BCUT2D eigenvalue weighted by molar-refractivity contribution is 0.121. The van der Waals surface area contributed by atoms with Crippen molar-refractivity contribution in [3.8, 4) is 0 Å². The molecule has 0 aromatic rings. The molecule has 0 amide bonds. The van der Waals surface area contributed by atoms with Gasteiger partial charge in [0.25, 0.3) is 0 Å². The lowest BCUT2D eigenvalue weighted by Crippen LogP contribution is -2.47. The lowest BCUT2D eigenvalue weighted by Gasteiger charge is -2.35. The average molecular weight is 226 g/mol. The molecule has 1 heterocycles. The molecule has 0 aromatic heterocycles. The molecule has 0 radical (unpaired) electrons. The molecule has 1 rings (SSSR count). The molecule has 1 aliphatic heterocycles. The van der Waals surface area contributed by atoms with Crippen molar-refractivity contribution in [1.29, 1.82) is 0 Å². The zero-order valence-corrected chi connectivity index (χ0v) is 11.5. The van der Waals surface area contributed by atoms with Crippen LogP contribution < -0.4 is 0 Å². The van der Waals surface area contributed by atoms with E-state index < -0.39 is 0 Å². The molecule has 0 aromatic carbocycles. The summed E-state index contributed by atoms with van der Waals surface area (Å²) in [5.41, 5.74) is 0. The second kappa shape index (κ2) is 8.08. The van der Waals surface area contributed by atoms with Crippen molar-refractivity contribution in [2.24, 2.45) is 5.92 Å². The molecule has 16 heavy (non-hydrogen) atoms. The van der Waals surface area contributed by atoms with Gasteiger partial charge >= 0.3 is 0 Å². The minimum absolute atomic E-state index is 0.816. The van der Waals surface area contributed by atoms with Crippen LogP contribution in [0.1, 0.15) is 46.5 Å². The number of rotatable bonds is 7. The summed E-state index contributed by atoms with van der Waals surface area (Å²) in [5.74, 6) is 0.816. The molecule has 1 saturated heterocycles. The summed E-state index contributed by atoms with van der Waals surface area (Å²) >= 11 is 0.